The molecule has 4 aromatic rings. The van der Waals surface area contributed by atoms with Crippen molar-refractivity contribution in [1.82, 2.24) is 24.9 Å². The van der Waals surface area contributed by atoms with E-state index in [4.69, 9.17) is 0 Å². The Labute approximate surface area is 184 Å². The lowest BCUT2D eigenvalue weighted by Gasteiger charge is -2.39. The van der Waals surface area contributed by atoms with E-state index in [1.165, 1.54) is 10.9 Å². The molecule has 6 nitrogen and oxygen atoms in total. The maximum Gasteiger partial charge on any atom is 0.285 e. The van der Waals surface area contributed by atoms with Crippen molar-refractivity contribution in [1.29, 1.82) is 0 Å². The number of carbonyl (C=O) groups excluding carboxylic acids is 1. The summed E-state index contributed by atoms with van der Waals surface area (Å²) in [6.45, 7) is 3.04. The first-order valence-electron chi connectivity index (χ1n) is 9.49. The second-order valence-electron chi connectivity index (χ2n) is 7.71. The third-order valence-corrected chi connectivity index (χ3v) is 7.68. The molecule has 1 unspecified atom stereocenters. The van der Waals surface area contributed by atoms with Crippen LogP contribution in [0.2, 0.25) is 0 Å². The molecule has 3 aromatic heterocycles. The van der Waals surface area contributed by atoms with Crippen LogP contribution >= 0.6 is 22.7 Å². The highest BCUT2D eigenvalue weighted by Crippen LogP contribution is 2.42. The molecule has 5 rings (SSSR count). The van der Waals surface area contributed by atoms with E-state index in [1.807, 2.05) is 30.9 Å². The van der Waals surface area contributed by atoms with Gasteiger partial charge in [0, 0.05) is 53.8 Å². The summed E-state index contributed by atoms with van der Waals surface area (Å²) >= 11 is 2.68. The molecule has 10 heteroatoms. The molecule has 0 N–H and O–H groups in total. The van der Waals surface area contributed by atoms with E-state index in [9.17, 15) is 13.6 Å². The van der Waals surface area contributed by atoms with Gasteiger partial charge in [0.1, 0.15) is 11.6 Å². The summed E-state index contributed by atoms with van der Waals surface area (Å²) in [6, 6.07) is 5.29. The Morgan fingerprint density at radius 1 is 1.23 bits per heavy atom. The molecule has 4 heterocycles. The predicted molar refractivity (Wildman–Crippen MR) is 114 cm³/mol. The topological polar surface area (TPSA) is 63.9 Å². The lowest BCUT2D eigenvalue weighted by Crippen LogP contribution is -2.46. The molecule has 1 aliphatic heterocycles. The van der Waals surface area contributed by atoms with E-state index in [2.05, 4.69) is 22.2 Å². The molecule has 1 aliphatic rings. The number of aromatic nitrogens is 4. The number of nitrogens with zero attached hydrogens (tertiary/aromatic N) is 5. The number of halogens is 2. The van der Waals surface area contributed by atoms with E-state index in [1.54, 1.807) is 20.9 Å². The summed E-state index contributed by atoms with van der Waals surface area (Å²) < 4.78 is 29.1. The minimum absolute atomic E-state index is 0.122. The van der Waals surface area contributed by atoms with E-state index < -0.39 is 17.0 Å². The lowest BCUT2D eigenvalue weighted by atomic mass is 9.78. The highest BCUT2D eigenvalue weighted by atomic mass is 32.1. The molecule has 0 bridgehead atoms. The third kappa shape index (κ3) is 3.35. The minimum Gasteiger partial charge on any atom is -0.331 e. The van der Waals surface area contributed by atoms with Crippen molar-refractivity contribution in [3.8, 4) is 10.6 Å². The van der Waals surface area contributed by atoms with Gasteiger partial charge in [0.2, 0.25) is 5.01 Å². The summed E-state index contributed by atoms with van der Waals surface area (Å²) in [5, 5.41) is 14.7. The van der Waals surface area contributed by atoms with Crippen LogP contribution in [0.4, 0.5) is 8.78 Å². The van der Waals surface area contributed by atoms with Crippen molar-refractivity contribution < 1.29 is 13.6 Å². The van der Waals surface area contributed by atoms with Crippen LogP contribution in [-0.2, 0) is 19.0 Å². The fraction of sp³-hybridized carbons (Fsp3) is 0.238. The summed E-state index contributed by atoms with van der Waals surface area (Å²) in [5.74, 6) is -1.67. The number of benzene rings is 1. The van der Waals surface area contributed by atoms with Crippen LogP contribution in [0.15, 0.2) is 42.0 Å². The van der Waals surface area contributed by atoms with Crippen LogP contribution in [0, 0.1) is 11.6 Å². The number of carbonyl (C=O) groups is 1. The zero-order valence-electron chi connectivity index (χ0n) is 16.7. The molecule has 158 valence electrons. The van der Waals surface area contributed by atoms with Gasteiger partial charge in [0.15, 0.2) is 5.01 Å². The van der Waals surface area contributed by atoms with Crippen molar-refractivity contribution in [3.63, 3.8) is 0 Å². The molecule has 1 atom stereocenters. The highest BCUT2D eigenvalue weighted by Gasteiger charge is 2.41. The Balaban J connectivity index is 1.47. The Morgan fingerprint density at radius 2 is 2.06 bits per heavy atom. The summed E-state index contributed by atoms with van der Waals surface area (Å²) in [7, 11) is 1.87. The average Bonchev–Trinajstić information content (AvgIpc) is 3.48. The Bertz CT molecular complexity index is 1300. The first-order valence-corrected chi connectivity index (χ1v) is 11.2. The van der Waals surface area contributed by atoms with Gasteiger partial charge >= 0.3 is 0 Å². The molecule has 1 aromatic carbocycles. The summed E-state index contributed by atoms with van der Waals surface area (Å²) in [6.07, 6.45) is 3.80. The van der Waals surface area contributed by atoms with Crippen molar-refractivity contribution in [2.75, 3.05) is 6.54 Å². The minimum atomic E-state index is -0.736. The fourth-order valence-corrected chi connectivity index (χ4v) is 5.88. The van der Waals surface area contributed by atoms with Crippen LogP contribution < -0.4 is 0 Å². The highest BCUT2D eigenvalue weighted by molar-refractivity contribution is 7.16. The van der Waals surface area contributed by atoms with Gasteiger partial charge in [-0.3, -0.25) is 9.48 Å². The molecule has 0 fully saturated rings. The summed E-state index contributed by atoms with van der Waals surface area (Å²) in [5.41, 5.74) is 1.84. The maximum absolute atomic E-state index is 14.1. The van der Waals surface area contributed by atoms with Crippen molar-refractivity contribution >= 4 is 28.6 Å². The smallest absolute Gasteiger partial charge is 0.285 e. The monoisotopic (exact) mass is 457 g/mol. The number of rotatable bonds is 3. The second kappa shape index (κ2) is 7.31. The van der Waals surface area contributed by atoms with Gasteiger partial charge in [0.25, 0.3) is 5.91 Å². The molecule has 0 saturated carbocycles. The van der Waals surface area contributed by atoms with Gasteiger partial charge < -0.3 is 4.90 Å². The molecule has 0 spiro atoms. The van der Waals surface area contributed by atoms with Gasteiger partial charge in [-0.2, -0.15) is 5.10 Å². The lowest BCUT2D eigenvalue weighted by molar-refractivity contribution is 0.0696. The van der Waals surface area contributed by atoms with Gasteiger partial charge in [-0.25, -0.2) is 8.78 Å². The largest absolute Gasteiger partial charge is 0.331 e. The van der Waals surface area contributed by atoms with Crippen LogP contribution in [-0.4, -0.2) is 37.3 Å². The summed E-state index contributed by atoms with van der Waals surface area (Å²) in [4.78, 5) is 16.3. The van der Waals surface area contributed by atoms with Crippen molar-refractivity contribution in [2.24, 2.45) is 7.05 Å². The normalized spacial score (nSPS) is 18.3. The first-order chi connectivity index (χ1) is 14.8. The zero-order valence-corrected chi connectivity index (χ0v) is 18.3. The van der Waals surface area contributed by atoms with Crippen LogP contribution in [0.3, 0.4) is 0 Å². The number of hydrogen-bond acceptors (Lipinski definition) is 6. The molecule has 0 aliphatic carbocycles. The quantitative estimate of drug-likeness (QED) is 0.462. The molecular formula is C21H17F2N5OS2. The number of thiophene rings is 1. The van der Waals surface area contributed by atoms with E-state index in [0.29, 0.717) is 13.1 Å². The molecule has 31 heavy (non-hydrogen) atoms. The number of hydrogen-bond donors (Lipinski definition) is 0. The van der Waals surface area contributed by atoms with Crippen LogP contribution in [0.1, 0.15) is 32.7 Å². The molecular weight excluding hydrogens is 440 g/mol. The van der Waals surface area contributed by atoms with Crippen molar-refractivity contribution in [2.45, 2.75) is 18.9 Å². The standard InChI is InChI=1S/C21H17F2N5OS2/c1-21(13-8-24-27(2)10-13)11-28(9-12-5-6-30-17(12)21)20(29)19-26-25-18(31-19)15-4-3-14(22)7-16(15)23/h3-8,10H,9,11H2,1-2H3. The average molecular weight is 458 g/mol. The Hall–Kier alpha value is -2.98. The number of fused-ring (bicyclic) bond motifs is 1. The van der Waals surface area contributed by atoms with Gasteiger partial charge in [0.05, 0.1) is 6.20 Å². The maximum atomic E-state index is 14.1. The number of amides is 1. The predicted octanol–water partition coefficient (Wildman–Crippen LogP) is 4.24. The Kier molecular flexibility index (Phi) is 4.71. The van der Waals surface area contributed by atoms with E-state index in [0.717, 1.165) is 34.6 Å². The fourth-order valence-electron chi connectivity index (χ4n) is 3.95. The molecule has 0 saturated heterocycles. The van der Waals surface area contributed by atoms with Gasteiger partial charge in [-0.1, -0.05) is 11.3 Å². The second-order valence-corrected chi connectivity index (χ2v) is 9.60. The van der Waals surface area contributed by atoms with E-state index >= 15 is 0 Å². The van der Waals surface area contributed by atoms with Crippen LogP contribution in [0.25, 0.3) is 10.6 Å². The first kappa shape index (κ1) is 20.0. The molecule has 0 radical (unpaired) electrons. The van der Waals surface area contributed by atoms with Gasteiger partial charge in [-0.15, -0.1) is 21.5 Å². The zero-order chi connectivity index (χ0) is 21.8. The van der Waals surface area contributed by atoms with E-state index in [-0.39, 0.29) is 21.5 Å². The van der Waals surface area contributed by atoms with Crippen LogP contribution in [0.5, 0.6) is 0 Å². The third-order valence-electron chi connectivity index (χ3n) is 5.51. The van der Waals surface area contributed by atoms with Gasteiger partial charge in [-0.05, 0) is 36.1 Å². The van der Waals surface area contributed by atoms with Crippen molar-refractivity contribution in [3.05, 3.63) is 74.7 Å². The SMILES string of the molecule is Cn1cc(C2(C)CN(C(=O)c3nnc(-c4ccc(F)cc4F)s3)Cc3ccsc32)cn1. The number of aryl methyl sites for hydroxylation is 1. The molecule has 1 amide bonds. The Morgan fingerprint density at radius 3 is 2.81 bits per heavy atom.